The van der Waals surface area contributed by atoms with E-state index in [1.165, 1.54) is 18.4 Å². The Morgan fingerprint density at radius 1 is 1.26 bits per heavy atom. The number of hydrogen-bond acceptors (Lipinski definition) is 5. The van der Waals surface area contributed by atoms with Crippen molar-refractivity contribution in [3.05, 3.63) is 58.3 Å². The summed E-state index contributed by atoms with van der Waals surface area (Å²) < 4.78 is 1.70. The predicted octanol–water partition coefficient (Wildman–Crippen LogP) is 2.94. The first-order chi connectivity index (χ1) is 13.0. The number of aromatic nitrogens is 3. The summed E-state index contributed by atoms with van der Waals surface area (Å²) in [7, 11) is 4.05. The Morgan fingerprint density at radius 2 is 2.07 bits per heavy atom. The molecule has 2 aromatic heterocycles. The van der Waals surface area contributed by atoms with Crippen molar-refractivity contribution in [1.29, 1.82) is 0 Å². The van der Waals surface area contributed by atoms with E-state index in [0.717, 1.165) is 35.4 Å². The fraction of sp³-hybridized carbons (Fsp3) is 0.381. The van der Waals surface area contributed by atoms with Crippen LogP contribution in [0.2, 0.25) is 0 Å². The number of aryl methyl sites for hydroxylation is 1. The molecule has 27 heavy (non-hydrogen) atoms. The van der Waals surface area contributed by atoms with Gasteiger partial charge in [-0.3, -0.25) is 9.55 Å². The molecule has 1 fully saturated rings. The first-order valence-corrected chi connectivity index (χ1v) is 9.42. The Morgan fingerprint density at radius 3 is 2.78 bits per heavy atom. The van der Waals surface area contributed by atoms with E-state index in [4.69, 9.17) is 0 Å². The molecule has 0 unspecified atom stereocenters. The van der Waals surface area contributed by atoms with Crippen molar-refractivity contribution in [3.8, 4) is 5.69 Å². The molecule has 2 heterocycles. The molecule has 1 aliphatic rings. The third-order valence-corrected chi connectivity index (χ3v) is 5.04. The number of nitrogens with one attached hydrogen (secondary N) is 1. The van der Waals surface area contributed by atoms with Gasteiger partial charge in [0, 0.05) is 24.7 Å². The van der Waals surface area contributed by atoms with Gasteiger partial charge in [0.1, 0.15) is 5.82 Å². The van der Waals surface area contributed by atoms with E-state index >= 15 is 0 Å². The van der Waals surface area contributed by atoms with Crippen molar-refractivity contribution >= 4 is 16.7 Å². The molecule has 3 aromatic rings. The lowest BCUT2D eigenvalue weighted by Crippen LogP contribution is -2.26. The van der Waals surface area contributed by atoms with Crippen LogP contribution in [0.1, 0.15) is 30.0 Å². The number of hydrogen-bond donors (Lipinski definition) is 1. The summed E-state index contributed by atoms with van der Waals surface area (Å²) in [5.74, 6) is 1.27. The van der Waals surface area contributed by atoms with Crippen LogP contribution in [0.15, 0.2) is 41.3 Å². The van der Waals surface area contributed by atoms with Crippen LogP contribution in [0.3, 0.4) is 0 Å². The fourth-order valence-corrected chi connectivity index (χ4v) is 3.39. The number of rotatable bonds is 6. The number of anilines is 1. The molecule has 0 amide bonds. The van der Waals surface area contributed by atoms with Crippen LogP contribution in [0, 0.1) is 6.92 Å². The second-order valence-corrected chi connectivity index (χ2v) is 7.47. The van der Waals surface area contributed by atoms with Crippen LogP contribution in [0.5, 0.6) is 0 Å². The molecule has 0 atom stereocenters. The van der Waals surface area contributed by atoms with Gasteiger partial charge in [0.25, 0.3) is 0 Å². The predicted molar refractivity (Wildman–Crippen MR) is 109 cm³/mol. The van der Waals surface area contributed by atoms with Crippen LogP contribution in [-0.4, -0.2) is 46.6 Å². The summed E-state index contributed by atoms with van der Waals surface area (Å²) in [6, 6.07) is 10.2. The van der Waals surface area contributed by atoms with Crippen LogP contribution in [0.25, 0.3) is 16.6 Å². The zero-order chi connectivity index (χ0) is 19.0. The Kier molecular flexibility index (Phi) is 4.66. The van der Waals surface area contributed by atoms with Gasteiger partial charge in [-0.2, -0.15) is 4.98 Å². The van der Waals surface area contributed by atoms with E-state index in [1.807, 2.05) is 33.2 Å². The molecule has 1 N–H and O–H groups in total. The molecule has 1 aliphatic carbocycles. The van der Waals surface area contributed by atoms with Crippen molar-refractivity contribution < 1.29 is 0 Å². The van der Waals surface area contributed by atoms with Crippen LogP contribution in [-0.2, 0) is 0 Å². The first-order valence-electron chi connectivity index (χ1n) is 9.42. The lowest BCUT2D eigenvalue weighted by atomic mass is 10.1. The molecule has 1 aromatic carbocycles. The topological polar surface area (TPSA) is 63.1 Å². The first kappa shape index (κ1) is 17.7. The third-order valence-electron chi connectivity index (χ3n) is 5.04. The molecule has 0 saturated heterocycles. The van der Waals surface area contributed by atoms with E-state index in [9.17, 15) is 4.79 Å². The number of nitrogens with zero attached hydrogens (tertiary/aromatic N) is 4. The summed E-state index contributed by atoms with van der Waals surface area (Å²) in [5.41, 5.74) is 3.50. The highest BCUT2D eigenvalue weighted by molar-refractivity contribution is 5.91. The number of likely N-dealkylation sites (N-methyl/N-ethyl adjacent to an activating group) is 1. The van der Waals surface area contributed by atoms with E-state index in [1.54, 1.807) is 10.8 Å². The second kappa shape index (κ2) is 7.12. The third kappa shape index (κ3) is 3.57. The molecular weight excluding hydrogens is 338 g/mol. The zero-order valence-electron chi connectivity index (χ0n) is 16.1. The van der Waals surface area contributed by atoms with Gasteiger partial charge >= 0.3 is 5.69 Å². The summed E-state index contributed by atoms with van der Waals surface area (Å²) >= 11 is 0. The van der Waals surface area contributed by atoms with Crippen molar-refractivity contribution in [3.63, 3.8) is 0 Å². The molecule has 6 nitrogen and oxygen atoms in total. The highest BCUT2D eigenvalue weighted by Gasteiger charge is 2.24. The Balaban J connectivity index is 1.89. The van der Waals surface area contributed by atoms with Gasteiger partial charge in [-0.15, -0.1) is 0 Å². The lowest BCUT2D eigenvalue weighted by molar-refractivity contribution is 0.425. The number of benzene rings is 1. The highest BCUT2D eigenvalue weighted by atomic mass is 16.1. The number of pyridine rings is 1. The maximum absolute atomic E-state index is 13.0. The molecular formula is C21H25N5O. The largest absolute Gasteiger partial charge is 0.368 e. The molecule has 140 valence electrons. The Labute approximate surface area is 158 Å². The summed E-state index contributed by atoms with van der Waals surface area (Å²) in [4.78, 5) is 23.8. The standard InChI is InChI=1S/C21H25N5O/c1-14-18(5-4-10-22-14)26-19-13-16(15-6-7-15)8-9-17(19)20(24-21(26)27)23-11-12-25(2)3/h4-5,8-10,13,15H,6-7,11-12H2,1-3H3,(H,23,24,27). The van der Waals surface area contributed by atoms with E-state index < -0.39 is 0 Å². The van der Waals surface area contributed by atoms with Gasteiger partial charge in [0.05, 0.1) is 16.9 Å². The zero-order valence-corrected chi connectivity index (χ0v) is 16.1. The minimum absolute atomic E-state index is 0.279. The fourth-order valence-electron chi connectivity index (χ4n) is 3.39. The van der Waals surface area contributed by atoms with Gasteiger partial charge in [-0.1, -0.05) is 6.07 Å². The van der Waals surface area contributed by atoms with Gasteiger partial charge in [0.2, 0.25) is 0 Å². The van der Waals surface area contributed by atoms with Gasteiger partial charge in [-0.05, 0) is 69.6 Å². The smallest absolute Gasteiger partial charge is 0.354 e. The molecule has 6 heteroatoms. The van der Waals surface area contributed by atoms with Crippen molar-refractivity contribution in [2.45, 2.75) is 25.7 Å². The number of fused-ring (bicyclic) bond motifs is 1. The monoisotopic (exact) mass is 363 g/mol. The van der Waals surface area contributed by atoms with Gasteiger partial charge < -0.3 is 10.2 Å². The Bertz CT molecular complexity index is 1040. The average molecular weight is 363 g/mol. The van der Waals surface area contributed by atoms with Crippen molar-refractivity contribution in [2.24, 2.45) is 0 Å². The maximum atomic E-state index is 13.0. The lowest BCUT2D eigenvalue weighted by Gasteiger charge is -2.16. The average Bonchev–Trinajstić information content (AvgIpc) is 3.47. The van der Waals surface area contributed by atoms with E-state index in [-0.39, 0.29) is 5.69 Å². The summed E-state index contributed by atoms with van der Waals surface area (Å²) in [6.45, 7) is 3.52. The second-order valence-electron chi connectivity index (χ2n) is 7.47. The summed E-state index contributed by atoms with van der Waals surface area (Å²) in [6.07, 6.45) is 4.19. The van der Waals surface area contributed by atoms with Gasteiger partial charge in [0.15, 0.2) is 0 Å². The quantitative estimate of drug-likeness (QED) is 0.730. The van der Waals surface area contributed by atoms with E-state index in [0.29, 0.717) is 11.7 Å². The molecule has 0 spiro atoms. The van der Waals surface area contributed by atoms with E-state index in [2.05, 4.69) is 38.4 Å². The SMILES string of the molecule is Cc1ncccc1-n1c(=O)nc(NCCN(C)C)c2ccc(C3CC3)cc21. The molecule has 4 rings (SSSR count). The molecule has 0 bridgehead atoms. The minimum Gasteiger partial charge on any atom is -0.368 e. The Hall–Kier alpha value is -2.73. The summed E-state index contributed by atoms with van der Waals surface area (Å²) in [5, 5.41) is 4.29. The normalized spacial score (nSPS) is 14.1. The van der Waals surface area contributed by atoms with Crippen LogP contribution >= 0.6 is 0 Å². The maximum Gasteiger partial charge on any atom is 0.354 e. The van der Waals surface area contributed by atoms with Crippen molar-refractivity contribution in [1.82, 2.24) is 19.4 Å². The molecule has 0 radical (unpaired) electrons. The van der Waals surface area contributed by atoms with Crippen LogP contribution in [0.4, 0.5) is 5.82 Å². The van der Waals surface area contributed by atoms with Crippen molar-refractivity contribution in [2.75, 3.05) is 32.5 Å². The molecule has 1 saturated carbocycles. The highest BCUT2D eigenvalue weighted by Crippen LogP contribution is 2.41. The minimum atomic E-state index is -0.279. The van der Waals surface area contributed by atoms with Gasteiger partial charge in [-0.25, -0.2) is 4.79 Å². The molecule has 0 aliphatic heterocycles. The van der Waals surface area contributed by atoms with Crippen LogP contribution < -0.4 is 11.0 Å².